The summed E-state index contributed by atoms with van der Waals surface area (Å²) < 4.78 is 40.0. The highest BCUT2D eigenvalue weighted by atomic mass is 19.4. The summed E-state index contributed by atoms with van der Waals surface area (Å²) in [6, 6.07) is 10.2. The molecule has 0 amide bonds. The van der Waals surface area contributed by atoms with Crippen LogP contribution in [-0.2, 0) is 6.18 Å². The van der Waals surface area contributed by atoms with Crippen LogP contribution >= 0.6 is 0 Å². The zero-order chi connectivity index (χ0) is 18.4. The Morgan fingerprint density at radius 3 is 2.40 bits per heavy atom. The summed E-state index contributed by atoms with van der Waals surface area (Å²) in [5.41, 5.74) is 1.12. The molecule has 0 bridgehead atoms. The quantitative estimate of drug-likeness (QED) is 0.691. The number of alkyl halides is 3. The summed E-state index contributed by atoms with van der Waals surface area (Å²) in [6.45, 7) is 3.71. The molecule has 3 rings (SSSR count). The van der Waals surface area contributed by atoms with E-state index >= 15 is 0 Å². The molecule has 0 unspecified atom stereocenters. The largest absolute Gasteiger partial charge is 0.478 e. The number of hydrogen-bond acceptors (Lipinski definition) is 2. The maximum atomic E-state index is 13.3. The molecule has 6 heteroatoms. The van der Waals surface area contributed by atoms with Crippen molar-refractivity contribution in [2.75, 3.05) is 0 Å². The van der Waals surface area contributed by atoms with Crippen LogP contribution in [0.25, 0.3) is 22.2 Å². The van der Waals surface area contributed by atoms with Crippen molar-refractivity contribution in [2.24, 2.45) is 0 Å². The summed E-state index contributed by atoms with van der Waals surface area (Å²) >= 11 is 0. The minimum Gasteiger partial charge on any atom is -0.478 e. The lowest BCUT2D eigenvalue weighted by Gasteiger charge is -2.14. The lowest BCUT2D eigenvalue weighted by Crippen LogP contribution is -2.09. The van der Waals surface area contributed by atoms with Gasteiger partial charge < -0.3 is 5.11 Å². The Morgan fingerprint density at radius 2 is 1.80 bits per heavy atom. The van der Waals surface area contributed by atoms with Gasteiger partial charge in [0.25, 0.3) is 0 Å². The number of carboxylic acids is 1. The molecule has 3 aromatic rings. The Bertz CT molecular complexity index is 994. The van der Waals surface area contributed by atoms with E-state index in [9.17, 15) is 23.1 Å². The third-order valence-electron chi connectivity index (χ3n) is 4.03. The maximum Gasteiger partial charge on any atom is 0.418 e. The first-order valence-corrected chi connectivity index (χ1v) is 7.50. The van der Waals surface area contributed by atoms with Gasteiger partial charge >= 0.3 is 12.1 Å². The molecule has 1 N–H and O–H groups in total. The SMILES string of the molecule is Cc1ccc(-c2cc(C(=O)O)c3cccc(C(F)(F)F)c3n2)c(C)c1. The number of nitrogens with zero attached hydrogens (tertiary/aromatic N) is 1. The van der Waals surface area contributed by atoms with Gasteiger partial charge in [-0.25, -0.2) is 9.78 Å². The van der Waals surface area contributed by atoms with E-state index in [1.807, 2.05) is 26.0 Å². The van der Waals surface area contributed by atoms with Crippen molar-refractivity contribution in [3.63, 3.8) is 0 Å². The highest BCUT2D eigenvalue weighted by Gasteiger charge is 2.34. The fourth-order valence-electron chi connectivity index (χ4n) is 2.89. The molecule has 2 aromatic carbocycles. The average molecular weight is 345 g/mol. The number of halogens is 3. The summed E-state index contributed by atoms with van der Waals surface area (Å²) in [6.07, 6.45) is -4.62. The van der Waals surface area contributed by atoms with E-state index in [2.05, 4.69) is 4.98 Å². The van der Waals surface area contributed by atoms with Gasteiger partial charge in [0.1, 0.15) is 0 Å². The molecule has 0 aliphatic heterocycles. The Kier molecular flexibility index (Phi) is 3.99. The molecule has 0 spiro atoms. The summed E-state index contributed by atoms with van der Waals surface area (Å²) in [5, 5.41) is 9.42. The number of aromatic carboxylic acids is 1. The number of pyridine rings is 1. The Hall–Kier alpha value is -2.89. The second kappa shape index (κ2) is 5.88. The number of carbonyl (C=O) groups is 1. The molecule has 0 fully saturated rings. The fourth-order valence-corrected chi connectivity index (χ4v) is 2.89. The molecule has 0 radical (unpaired) electrons. The van der Waals surface area contributed by atoms with Crippen LogP contribution in [0.3, 0.4) is 0 Å². The fraction of sp³-hybridized carbons (Fsp3) is 0.158. The van der Waals surface area contributed by atoms with E-state index in [0.717, 1.165) is 17.2 Å². The van der Waals surface area contributed by atoms with Gasteiger partial charge in [-0.15, -0.1) is 0 Å². The first-order chi connectivity index (χ1) is 11.7. The van der Waals surface area contributed by atoms with Gasteiger partial charge in [-0.1, -0.05) is 35.9 Å². The van der Waals surface area contributed by atoms with Crippen LogP contribution < -0.4 is 0 Å². The van der Waals surface area contributed by atoms with E-state index in [1.54, 1.807) is 6.07 Å². The zero-order valence-electron chi connectivity index (χ0n) is 13.5. The van der Waals surface area contributed by atoms with E-state index in [1.165, 1.54) is 18.2 Å². The number of fused-ring (bicyclic) bond motifs is 1. The van der Waals surface area contributed by atoms with Crippen molar-refractivity contribution in [2.45, 2.75) is 20.0 Å². The van der Waals surface area contributed by atoms with Crippen molar-refractivity contribution in [3.8, 4) is 11.3 Å². The number of aryl methyl sites for hydroxylation is 2. The number of hydrogen-bond donors (Lipinski definition) is 1. The van der Waals surface area contributed by atoms with Gasteiger partial charge in [0, 0.05) is 10.9 Å². The smallest absolute Gasteiger partial charge is 0.418 e. The number of carboxylic acid groups (broad SMARTS) is 1. The Balaban J connectivity index is 2.40. The molecular formula is C19H14F3NO2. The molecule has 0 aliphatic carbocycles. The Morgan fingerprint density at radius 1 is 1.08 bits per heavy atom. The van der Waals surface area contributed by atoms with Crippen molar-refractivity contribution < 1.29 is 23.1 Å². The molecule has 1 heterocycles. The monoisotopic (exact) mass is 345 g/mol. The van der Waals surface area contributed by atoms with Crippen LogP contribution in [0.15, 0.2) is 42.5 Å². The first-order valence-electron chi connectivity index (χ1n) is 7.50. The topological polar surface area (TPSA) is 50.2 Å². The van der Waals surface area contributed by atoms with Gasteiger partial charge in [-0.2, -0.15) is 13.2 Å². The maximum absolute atomic E-state index is 13.3. The number of aromatic nitrogens is 1. The van der Waals surface area contributed by atoms with Gasteiger partial charge in [-0.3, -0.25) is 0 Å². The lowest BCUT2D eigenvalue weighted by atomic mass is 9.98. The minimum atomic E-state index is -4.62. The van der Waals surface area contributed by atoms with Gasteiger partial charge in [0.15, 0.2) is 0 Å². The second-order valence-electron chi connectivity index (χ2n) is 5.88. The molecule has 0 saturated carbocycles. The standard InChI is InChI=1S/C19H14F3NO2/c1-10-6-7-12(11(2)8-10)16-9-14(18(24)25)13-4-3-5-15(17(13)23-16)19(20,21)22/h3-9H,1-2H3,(H,24,25). The van der Waals surface area contributed by atoms with Gasteiger partial charge in [0.2, 0.25) is 0 Å². The van der Waals surface area contributed by atoms with Crippen LogP contribution in [0.4, 0.5) is 13.2 Å². The van der Waals surface area contributed by atoms with Crippen LogP contribution in [0, 0.1) is 13.8 Å². The predicted octanol–water partition coefficient (Wildman–Crippen LogP) is 5.24. The number of benzene rings is 2. The Labute approximate surface area is 141 Å². The molecular weight excluding hydrogens is 331 g/mol. The summed E-state index contributed by atoms with van der Waals surface area (Å²) in [5.74, 6) is -1.29. The predicted molar refractivity (Wildman–Crippen MR) is 88.6 cm³/mol. The van der Waals surface area contributed by atoms with Crippen LogP contribution in [0.2, 0.25) is 0 Å². The molecule has 25 heavy (non-hydrogen) atoms. The van der Waals surface area contributed by atoms with E-state index in [0.29, 0.717) is 5.56 Å². The highest BCUT2D eigenvalue weighted by molar-refractivity contribution is 6.04. The van der Waals surface area contributed by atoms with Crippen molar-refractivity contribution in [1.29, 1.82) is 0 Å². The average Bonchev–Trinajstić information content (AvgIpc) is 2.52. The van der Waals surface area contributed by atoms with E-state index in [-0.39, 0.29) is 22.2 Å². The lowest BCUT2D eigenvalue weighted by molar-refractivity contribution is -0.136. The second-order valence-corrected chi connectivity index (χ2v) is 5.88. The van der Waals surface area contributed by atoms with Gasteiger partial charge in [-0.05, 0) is 31.5 Å². The molecule has 0 atom stereocenters. The normalized spacial score (nSPS) is 11.7. The third kappa shape index (κ3) is 3.07. The van der Waals surface area contributed by atoms with Gasteiger partial charge in [0.05, 0.1) is 22.3 Å². The highest BCUT2D eigenvalue weighted by Crippen LogP contribution is 2.36. The van der Waals surface area contributed by atoms with Crippen LogP contribution in [0.5, 0.6) is 0 Å². The summed E-state index contributed by atoms with van der Waals surface area (Å²) in [4.78, 5) is 15.8. The van der Waals surface area contributed by atoms with Crippen LogP contribution in [0.1, 0.15) is 27.0 Å². The molecule has 1 aromatic heterocycles. The summed E-state index contributed by atoms with van der Waals surface area (Å²) in [7, 11) is 0. The third-order valence-corrected chi connectivity index (χ3v) is 4.03. The molecule has 3 nitrogen and oxygen atoms in total. The molecule has 128 valence electrons. The minimum absolute atomic E-state index is 0.0316. The van der Waals surface area contributed by atoms with E-state index < -0.39 is 17.7 Å². The first kappa shape index (κ1) is 17.0. The molecule has 0 saturated heterocycles. The zero-order valence-corrected chi connectivity index (χ0v) is 13.5. The van der Waals surface area contributed by atoms with Crippen molar-refractivity contribution >= 4 is 16.9 Å². The van der Waals surface area contributed by atoms with Crippen molar-refractivity contribution in [1.82, 2.24) is 4.98 Å². The number of para-hydroxylation sites is 1. The van der Waals surface area contributed by atoms with Crippen molar-refractivity contribution in [3.05, 3.63) is 64.7 Å². The van der Waals surface area contributed by atoms with E-state index in [4.69, 9.17) is 0 Å². The van der Waals surface area contributed by atoms with Crippen LogP contribution in [-0.4, -0.2) is 16.1 Å². The number of rotatable bonds is 2. The molecule has 0 aliphatic rings.